The number of pyridine rings is 1. The highest BCUT2D eigenvalue weighted by Gasteiger charge is 2.24. The van der Waals surface area contributed by atoms with Crippen LogP contribution in [-0.2, 0) is 15.9 Å². The molecular weight excluding hydrogens is 387 g/mol. The average molecular weight is 410 g/mol. The third kappa shape index (κ3) is 4.75. The topological polar surface area (TPSA) is 69.7 Å². The number of carbonyl (C=O) groups is 1. The van der Waals surface area contributed by atoms with Gasteiger partial charge >= 0.3 is 0 Å². The van der Waals surface area contributed by atoms with E-state index in [0.717, 1.165) is 28.6 Å². The summed E-state index contributed by atoms with van der Waals surface area (Å²) in [6.07, 6.45) is 2.92. The van der Waals surface area contributed by atoms with Gasteiger partial charge in [-0.1, -0.05) is 0 Å². The van der Waals surface area contributed by atoms with E-state index in [1.807, 2.05) is 24.3 Å². The minimum Gasteiger partial charge on any atom is -0.497 e. The smallest absolute Gasteiger partial charge is 0.251 e. The number of aryl methyl sites for hydroxylation is 1. The van der Waals surface area contributed by atoms with E-state index in [9.17, 15) is 9.18 Å². The van der Waals surface area contributed by atoms with Gasteiger partial charge in [-0.3, -0.25) is 9.78 Å². The van der Waals surface area contributed by atoms with E-state index in [0.29, 0.717) is 25.2 Å². The summed E-state index contributed by atoms with van der Waals surface area (Å²) in [6, 6.07) is 13.0. The molecule has 0 radical (unpaired) electrons. The second-order valence-corrected chi connectivity index (χ2v) is 7.17. The summed E-state index contributed by atoms with van der Waals surface area (Å²) in [6.45, 7) is 0.727. The number of hydrogen-bond donors (Lipinski definition) is 1. The standard InChI is InChI=1S/C23H23FN2O4/c1-28-19-7-8-21-20(12-19)15(10-11-25-21)4-9-22-29-13-18(14-30-22)26-23(27)16-2-5-17(24)6-3-16/h2-3,5-8,10-12,18,22H,4,9,13-14H2,1H3,(H,26,27). The molecule has 1 aromatic heterocycles. The summed E-state index contributed by atoms with van der Waals surface area (Å²) in [4.78, 5) is 16.6. The maximum Gasteiger partial charge on any atom is 0.251 e. The SMILES string of the molecule is COc1ccc2nccc(CCC3OCC(NC(=O)c4ccc(F)cc4)CO3)c2c1. The average Bonchev–Trinajstić information content (AvgIpc) is 2.78. The predicted octanol–water partition coefficient (Wildman–Crippen LogP) is 3.49. The Labute approximate surface area is 174 Å². The molecule has 2 aromatic carbocycles. The molecule has 4 rings (SSSR count). The molecule has 2 heterocycles. The second-order valence-electron chi connectivity index (χ2n) is 7.17. The highest BCUT2D eigenvalue weighted by atomic mass is 19.1. The van der Waals surface area contributed by atoms with Crippen LogP contribution in [-0.4, -0.2) is 43.5 Å². The summed E-state index contributed by atoms with van der Waals surface area (Å²) in [5.74, 6) is 0.142. The first-order valence-corrected chi connectivity index (χ1v) is 9.83. The zero-order valence-electron chi connectivity index (χ0n) is 16.6. The molecule has 0 unspecified atom stereocenters. The summed E-state index contributed by atoms with van der Waals surface area (Å²) < 4.78 is 29.9. The molecule has 1 amide bonds. The minimum atomic E-state index is -0.376. The molecule has 7 heteroatoms. The van der Waals surface area contributed by atoms with E-state index in [-0.39, 0.29) is 24.1 Å². The highest BCUT2D eigenvalue weighted by Crippen LogP contribution is 2.24. The van der Waals surface area contributed by atoms with Crippen molar-refractivity contribution in [3.63, 3.8) is 0 Å². The molecule has 1 fully saturated rings. The van der Waals surface area contributed by atoms with E-state index >= 15 is 0 Å². The normalized spacial score (nSPS) is 18.9. The number of aromatic nitrogens is 1. The Morgan fingerprint density at radius 2 is 1.93 bits per heavy atom. The number of methoxy groups -OCH3 is 1. The maximum absolute atomic E-state index is 13.0. The molecule has 0 spiro atoms. The Balaban J connectivity index is 1.30. The largest absolute Gasteiger partial charge is 0.497 e. The van der Waals surface area contributed by atoms with Gasteiger partial charge in [0.15, 0.2) is 6.29 Å². The van der Waals surface area contributed by atoms with Gasteiger partial charge in [0.2, 0.25) is 0 Å². The van der Waals surface area contributed by atoms with Gasteiger partial charge in [-0.25, -0.2) is 4.39 Å². The fourth-order valence-corrected chi connectivity index (χ4v) is 3.46. The lowest BCUT2D eigenvalue weighted by molar-refractivity contribution is -0.190. The fraction of sp³-hybridized carbons (Fsp3) is 0.304. The third-order valence-electron chi connectivity index (χ3n) is 5.10. The quantitative estimate of drug-likeness (QED) is 0.674. The lowest BCUT2D eigenvalue weighted by atomic mass is 10.0. The first kappa shape index (κ1) is 20.3. The zero-order valence-corrected chi connectivity index (χ0v) is 16.6. The summed E-state index contributed by atoms with van der Waals surface area (Å²) in [7, 11) is 1.65. The molecule has 1 aliphatic rings. The number of benzene rings is 2. The Kier molecular flexibility index (Phi) is 6.21. The molecule has 3 aromatic rings. The van der Waals surface area contributed by atoms with Crippen LogP contribution in [0, 0.1) is 5.82 Å². The van der Waals surface area contributed by atoms with Crippen molar-refractivity contribution < 1.29 is 23.4 Å². The van der Waals surface area contributed by atoms with Crippen LogP contribution >= 0.6 is 0 Å². The molecular formula is C23H23FN2O4. The second kappa shape index (κ2) is 9.19. The number of amides is 1. The molecule has 1 aliphatic heterocycles. The monoisotopic (exact) mass is 410 g/mol. The Morgan fingerprint density at radius 3 is 2.67 bits per heavy atom. The van der Waals surface area contributed by atoms with Gasteiger partial charge in [-0.15, -0.1) is 0 Å². The zero-order chi connectivity index (χ0) is 20.9. The Morgan fingerprint density at radius 1 is 1.17 bits per heavy atom. The molecule has 0 aliphatic carbocycles. The number of rotatable bonds is 6. The summed E-state index contributed by atoms with van der Waals surface area (Å²) in [5.41, 5.74) is 2.47. The number of nitrogens with one attached hydrogen (secondary N) is 1. The van der Waals surface area contributed by atoms with Gasteiger partial charge in [0.25, 0.3) is 5.91 Å². The molecule has 1 N–H and O–H groups in total. The van der Waals surface area contributed by atoms with Crippen LogP contribution < -0.4 is 10.1 Å². The van der Waals surface area contributed by atoms with Gasteiger partial charge in [0.1, 0.15) is 11.6 Å². The van der Waals surface area contributed by atoms with Crippen molar-refractivity contribution in [1.29, 1.82) is 0 Å². The lowest BCUT2D eigenvalue weighted by Gasteiger charge is -2.30. The minimum absolute atomic E-state index is 0.246. The van der Waals surface area contributed by atoms with Crippen LogP contribution in [0.2, 0.25) is 0 Å². The van der Waals surface area contributed by atoms with Crippen LogP contribution in [0.1, 0.15) is 22.3 Å². The number of fused-ring (bicyclic) bond motifs is 1. The van der Waals surface area contributed by atoms with Gasteiger partial charge in [-0.2, -0.15) is 0 Å². The van der Waals surface area contributed by atoms with Crippen LogP contribution in [0.3, 0.4) is 0 Å². The Hall–Kier alpha value is -3.03. The molecule has 30 heavy (non-hydrogen) atoms. The van der Waals surface area contributed by atoms with Crippen LogP contribution in [0.25, 0.3) is 10.9 Å². The van der Waals surface area contributed by atoms with Crippen molar-refractivity contribution in [2.24, 2.45) is 0 Å². The van der Waals surface area contributed by atoms with E-state index < -0.39 is 0 Å². The number of nitrogens with zero attached hydrogens (tertiary/aromatic N) is 1. The molecule has 1 saturated heterocycles. The summed E-state index contributed by atoms with van der Waals surface area (Å²) >= 11 is 0. The first-order chi connectivity index (χ1) is 14.6. The van der Waals surface area contributed by atoms with Gasteiger partial charge < -0.3 is 19.5 Å². The van der Waals surface area contributed by atoms with Crippen molar-refractivity contribution >= 4 is 16.8 Å². The van der Waals surface area contributed by atoms with Crippen molar-refractivity contribution in [2.45, 2.75) is 25.2 Å². The molecule has 6 nitrogen and oxygen atoms in total. The van der Waals surface area contributed by atoms with Crippen LogP contribution in [0.15, 0.2) is 54.7 Å². The third-order valence-corrected chi connectivity index (χ3v) is 5.10. The highest BCUT2D eigenvalue weighted by molar-refractivity contribution is 5.94. The van der Waals surface area contributed by atoms with Crippen LogP contribution in [0.5, 0.6) is 5.75 Å². The van der Waals surface area contributed by atoms with Gasteiger partial charge in [0, 0.05) is 23.6 Å². The van der Waals surface area contributed by atoms with Crippen molar-refractivity contribution in [2.75, 3.05) is 20.3 Å². The molecule has 0 saturated carbocycles. The lowest BCUT2D eigenvalue weighted by Crippen LogP contribution is -2.47. The van der Waals surface area contributed by atoms with E-state index in [2.05, 4.69) is 10.3 Å². The molecule has 0 bridgehead atoms. The molecule has 0 atom stereocenters. The van der Waals surface area contributed by atoms with Crippen molar-refractivity contribution in [3.05, 3.63) is 71.7 Å². The fourth-order valence-electron chi connectivity index (χ4n) is 3.46. The van der Waals surface area contributed by atoms with Gasteiger partial charge in [0.05, 0.1) is 31.9 Å². The van der Waals surface area contributed by atoms with Crippen molar-refractivity contribution in [1.82, 2.24) is 10.3 Å². The Bertz CT molecular complexity index is 1020. The van der Waals surface area contributed by atoms with Gasteiger partial charge in [-0.05, 0) is 60.5 Å². The van der Waals surface area contributed by atoms with E-state index in [4.69, 9.17) is 14.2 Å². The summed E-state index contributed by atoms with van der Waals surface area (Å²) in [5, 5.41) is 3.91. The van der Waals surface area contributed by atoms with E-state index in [1.165, 1.54) is 24.3 Å². The number of hydrogen-bond acceptors (Lipinski definition) is 5. The van der Waals surface area contributed by atoms with E-state index in [1.54, 1.807) is 13.3 Å². The number of ether oxygens (including phenoxy) is 3. The molecule has 156 valence electrons. The predicted molar refractivity (Wildman–Crippen MR) is 110 cm³/mol. The maximum atomic E-state index is 13.0. The number of halogens is 1. The van der Waals surface area contributed by atoms with Crippen LogP contribution in [0.4, 0.5) is 4.39 Å². The number of carbonyl (C=O) groups excluding carboxylic acids is 1. The first-order valence-electron chi connectivity index (χ1n) is 9.83. The van der Waals surface area contributed by atoms with Crippen molar-refractivity contribution in [3.8, 4) is 5.75 Å².